The van der Waals surface area contributed by atoms with Crippen molar-refractivity contribution in [2.45, 2.75) is 43.8 Å². The van der Waals surface area contributed by atoms with Gasteiger partial charge in [-0.25, -0.2) is 9.18 Å². The van der Waals surface area contributed by atoms with Gasteiger partial charge in [0, 0.05) is 24.3 Å². The maximum atomic E-state index is 12.9. The van der Waals surface area contributed by atoms with Crippen molar-refractivity contribution in [1.29, 1.82) is 0 Å². The van der Waals surface area contributed by atoms with E-state index in [9.17, 15) is 14.3 Å². The number of carboxylic acid groups (broad SMARTS) is 1. The van der Waals surface area contributed by atoms with Gasteiger partial charge in [-0.05, 0) is 50.5 Å². The van der Waals surface area contributed by atoms with Crippen LogP contribution in [0.2, 0.25) is 0 Å². The molecule has 20 heavy (non-hydrogen) atoms. The lowest BCUT2D eigenvalue weighted by Crippen LogP contribution is -2.49. The minimum atomic E-state index is -0.972. The number of nitrogens with one attached hydrogen (secondary N) is 1. The van der Waals surface area contributed by atoms with Crippen molar-refractivity contribution < 1.29 is 14.3 Å². The van der Waals surface area contributed by atoms with Crippen molar-refractivity contribution in [1.82, 2.24) is 4.90 Å². The molecule has 4 nitrogen and oxygen atoms in total. The zero-order chi connectivity index (χ0) is 14.3. The van der Waals surface area contributed by atoms with Crippen LogP contribution in [0.25, 0.3) is 0 Å². The lowest BCUT2D eigenvalue weighted by atomic mass is 9.96. The van der Waals surface area contributed by atoms with Gasteiger partial charge in [0.15, 0.2) is 0 Å². The van der Waals surface area contributed by atoms with E-state index in [-0.39, 0.29) is 11.9 Å². The largest absolute Gasteiger partial charge is 0.479 e. The van der Waals surface area contributed by atoms with Gasteiger partial charge in [-0.1, -0.05) is 0 Å². The maximum absolute atomic E-state index is 12.9. The number of carboxylic acids is 1. The Morgan fingerprint density at radius 3 is 2.60 bits per heavy atom. The maximum Gasteiger partial charge on any atom is 0.330 e. The van der Waals surface area contributed by atoms with Gasteiger partial charge >= 0.3 is 5.97 Å². The highest BCUT2D eigenvalue weighted by Gasteiger charge is 2.51. The normalized spacial score (nSPS) is 30.4. The summed E-state index contributed by atoms with van der Waals surface area (Å²) in [6.07, 6.45) is 2.89. The number of nitrogens with zero attached hydrogens (tertiary/aromatic N) is 1. The molecule has 1 aromatic rings. The quantitative estimate of drug-likeness (QED) is 0.887. The molecule has 1 heterocycles. The van der Waals surface area contributed by atoms with Crippen molar-refractivity contribution >= 4 is 11.7 Å². The Morgan fingerprint density at radius 1 is 1.40 bits per heavy atom. The van der Waals surface area contributed by atoms with Gasteiger partial charge in [0.05, 0.1) is 0 Å². The van der Waals surface area contributed by atoms with Gasteiger partial charge in [-0.3, -0.25) is 4.90 Å². The second-order valence-corrected chi connectivity index (χ2v) is 5.98. The van der Waals surface area contributed by atoms with E-state index in [4.69, 9.17) is 0 Å². The fraction of sp³-hybridized carbons (Fsp3) is 0.533. The number of hydrogen-bond donors (Lipinski definition) is 2. The van der Waals surface area contributed by atoms with E-state index in [0.29, 0.717) is 24.7 Å². The fourth-order valence-corrected chi connectivity index (χ4v) is 3.16. The molecule has 2 fully saturated rings. The van der Waals surface area contributed by atoms with E-state index >= 15 is 0 Å². The lowest BCUT2D eigenvalue weighted by molar-refractivity contribution is -0.141. The molecule has 1 saturated carbocycles. The predicted octanol–water partition coefficient (Wildman–Crippen LogP) is 2.32. The molecule has 108 valence electrons. The minimum absolute atomic E-state index is 0.256. The van der Waals surface area contributed by atoms with E-state index in [1.807, 2.05) is 0 Å². The summed E-state index contributed by atoms with van der Waals surface area (Å²) in [5.74, 6) is -1.16. The molecule has 0 bridgehead atoms. The molecule has 1 aliphatic heterocycles. The van der Waals surface area contributed by atoms with Crippen LogP contribution in [-0.2, 0) is 4.79 Å². The molecule has 0 aromatic heterocycles. The van der Waals surface area contributed by atoms with Gasteiger partial charge in [0.2, 0.25) is 0 Å². The van der Waals surface area contributed by atoms with Crippen molar-refractivity contribution in [3.63, 3.8) is 0 Å². The van der Waals surface area contributed by atoms with Crippen LogP contribution < -0.4 is 5.32 Å². The van der Waals surface area contributed by atoms with Crippen LogP contribution in [-0.4, -0.2) is 40.1 Å². The first-order valence-electron chi connectivity index (χ1n) is 7.03. The van der Waals surface area contributed by atoms with Crippen LogP contribution in [0.1, 0.15) is 26.2 Å². The summed E-state index contributed by atoms with van der Waals surface area (Å²) in [6, 6.07) is 6.66. The SMILES string of the molecule is CC1CC(Nc2ccc(F)cc2)(C(=O)O)CN1C1CC1. The highest BCUT2D eigenvalue weighted by Crippen LogP contribution is 2.38. The number of hydrogen-bond acceptors (Lipinski definition) is 3. The van der Waals surface area contributed by atoms with E-state index in [0.717, 1.165) is 12.8 Å². The average Bonchev–Trinajstić information content (AvgIpc) is 3.18. The molecular weight excluding hydrogens is 259 g/mol. The second kappa shape index (κ2) is 4.74. The second-order valence-electron chi connectivity index (χ2n) is 5.98. The van der Waals surface area contributed by atoms with E-state index < -0.39 is 11.5 Å². The Bertz CT molecular complexity index is 515. The first-order valence-corrected chi connectivity index (χ1v) is 7.03. The summed E-state index contributed by atoms with van der Waals surface area (Å²) < 4.78 is 12.9. The summed E-state index contributed by atoms with van der Waals surface area (Å²) in [4.78, 5) is 14.0. The topological polar surface area (TPSA) is 52.6 Å². The number of anilines is 1. The molecule has 1 aliphatic carbocycles. The molecular formula is C15H19FN2O2. The highest BCUT2D eigenvalue weighted by molar-refractivity contribution is 5.84. The van der Waals surface area contributed by atoms with E-state index in [1.54, 1.807) is 12.1 Å². The highest BCUT2D eigenvalue weighted by atomic mass is 19.1. The molecule has 1 aromatic carbocycles. The molecule has 2 unspecified atom stereocenters. The van der Waals surface area contributed by atoms with Gasteiger partial charge in [-0.2, -0.15) is 0 Å². The monoisotopic (exact) mass is 278 g/mol. The van der Waals surface area contributed by atoms with E-state index in [1.165, 1.54) is 12.1 Å². The van der Waals surface area contributed by atoms with Crippen LogP contribution in [0, 0.1) is 5.82 Å². The zero-order valence-electron chi connectivity index (χ0n) is 11.5. The molecule has 2 aliphatic rings. The first-order chi connectivity index (χ1) is 9.50. The van der Waals surface area contributed by atoms with Crippen molar-refractivity contribution in [3.8, 4) is 0 Å². The van der Waals surface area contributed by atoms with Crippen molar-refractivity contribution in [3.05, 3.63) is 30.1 Å². The molecule has 2 atom stereocenters. The summed E-state index contributed by atoms with van der Waals surface area (Å²) in [6.45, 7) is 2.58. The van der Waals surface area contributed by atoms with Gasteiger partial charge in [0.25, 0.3) is 0 Å². The smallest absolute Gasteiger partial charge is 0.330 e. The van der Waals surface area contributed by atoms with Gasteiger partial charge < -0.3 is 10.4 Å². The molecule has 0 spiro atoms. The Morgan fingerprint density at radius 2 is 2.05 bits per heavy atom. The van der Waals surface area contributed by atoms with Crippen LogP contribution >= 0.6 is 0 Å². The Labute approximate surface area is 117 Å². The number of likely N-dealkylation sites (tertiary alicyclic amines) is 1. The number of benzene rings is 1. The standard InChI is InChI=1S/C15H19FN2O2/c1-10-8-15(14(19)20,9-18(10)13-6-7-13)17-12-4-2-11(16)3-5-12/h2-5,10,13,17H,6-9H2,1H3,(H,19,20). The Hall–Kier alpha value is -1.62. The summed E-state index contributed by atoms with van der Waals surface area (Å²) in [7, 11) is 0. The predicted molar refractivity (Wildman–Crippen MR) is 74.2 cm³/mol. The number of aliphatic carboxylic acids is 1. The number of rotatable bonds is 4. The molecule has 2 N–H and O–H groups in total. The minimum Gasteiger partial charge on any atom is -0.479 e. The molecule has 0 radical (unpaired) electrons. The summed E-state index contributed by atoms with van der Waals surface area (Å²) in [5.41, 5.74) is -0.321. The van der Waals surface area contributed by atoms with Crippen LogP contribution in [0.3, 0.4) is 0 Å². The third kappa shape index (κ3) is 2.38. The first kappa shape index (κ1) is 13.4. The molecule has 3 rings (SSSR count). The van der Waals surface area contributed by atoms with E-state index in [2.05, 4.69) is 17.1 Å². The molecule has 1 saturated heterocycles. The van der Waals surface area contributed by atoms with Crippen LogP contribution in [0.4, 0.5) is 10.1 Å². The van der Waals surface area contributed by atoms with Gasteiger partial charge in [-0.15, -0.1) is 0 Å². The zero-order valence-corrected chi connectivity index (χ0v) is 11.5. The third-order valence-electron chi connectivity index (χ3n) is 4.32. The molecule has 0 amide bonds. The Balaban J connectivity index is 1.82. The lowest BCUT2D eigenvalue weighted by Gasteiger charge is -2.27. The number of halogens is 1. The van der Waals surface area contributed by atoms with Gasteiger partial charge in [0.1, 0.15) is 11.4 Å². The third-order valence-corrected chi connectivity index (χ3v) is 4.32. The Kier molecular flexibility index (Phi) is 3.17. The fourth-order valence-electron chi connectivity index (χ4n) is 3.16. The summed E-state index contributed by atoms with van der Waals surface area (Å²) >= 11 is 0. The average molecular weight is 278 g/mol. The van der Waals surface area contributed by atoms with Crippen LogP contribution in [0.15, 0.2) is 24.3 Å². The molecule has 5 heteroatoms. The van der Waals surface area contributed by atoms with Crippen LogP contribution in [0.5, 0.6) is 0 Å². The van der Waals surface area contributed by atoms with Crippen molar-refractivity contribution in [2.24, 2.45) is 0 Å². The number of carbonyl (C=O) groups is 1. The van der Waals surface area contributed by atoms with Crippen molar-refractivity contribution in [2.75, 3.05) is 11.9 Å². The summed E-state index contributed by atoms with van der Waals surface area (Å²) in [5, 5.41) is 12.8.